The number of aromatic hydroxyl groups is 1. The Morgan fingerprint density at radius 1 is 1.15 bits per heavy atom. The fraction of sp³-hybridized carbons (Fsp3) is 0.238. The van der Waals surface area contributed by atoms with Gasteiger partial charge in [0.25, 0.3) is 0 Å². The lowest BCUT2D eigenvalue weighted by atomic mass is 9.91. The number of ether oxygens (including phenoxy) is 1. The Morgan fingerprint density at radius 2 is 1.85 bits per heavy atom. The summed E-state index contributed by atoms with van der Waals surface area (Å²) in [6.07, 6.45) is 0. The highest BCUT2D eigenvalue weighted by Gasteiger charge is 2.24. The molecule has 0 amide bonds. The number of aromatic amines is 1. The third-order valence-electron chi connectivity index (χ3n) is 4.46. The summed E-state index contributed by atoms with van der Waals surface area (Å²) < 4.78 is 5.11. The molecule has 3 rings (SSSR count). The zero-order valence-electron chi connectivity index (χ0n) is 15.0. The van der Waals surface area contributed by atoms with Gasteiger partial charge in [0.1, 0.15) is 5.75 Å². The minimum atomic E-state index is -0.380. The first-order valence-corrected chi connectivity index (χ1v) is 8.47. The first kappa shape index (κ1) is 17.7. The Kier molecular flexibility index (Phi) is 4.80. The zero-order valence-corrected chi connectivity index (χ0v) is 15.0. The molecule has 0 aliphatic rings. The Balaban J connectivity index is 2.18. The molecule has 0 saturated heterocycles. The molecule has 5 nitrogen and oxygen atoms in total. The van der Waals surface area contributed by atoms with Crippen LogP contribution in [0.5, 0.6) is 5.75 Å². The first-order valence-electron chi connectivity index (χ1n) is 8.47. The molecule has 2 aromatic carbocycles. The number of carbonyl (C=O) groups is 2. The van der Waals surface area contributed by atoms with E-state index in [1.165, 1.54) is 6.92 Å². The van der Waals surface area contributed by atoms with E-state index < -0.39 is 0 Å². The van der Waals surface area contributed by atoms with Gasteiger partial charge in [-0.3, -0.25) is 9.59 Å². The molecule has 0 radical (unpaired) electrons. The average Bonchev–Trinajstić information content (AvgIpc) is 2.95. The zero-order chi connectivity index (χ0) is 18.8. The van der Waals surface area contributed by atoms with E-state index in [0.29, 0.717) is 22.1 Å². The minimum absolute atomic E-state index is 0.0817. The van der Waals surface area contributed by atoms with E-state index in [1.54, 1.807) is 24.3 Å². The summed E-state index contributed by atoms with van der Waals surface area (Å²) in [5.41, 5.74) is 3.22. The predicted octanol–water partition coefficient (Wildman–Crippen LogP) is 4.08. The van der Waals surface area contributed by atoms with E-state index in [0.717, 1.165) is 11.2 Å². The lowest BCUT2D eigenvalue weighted by Gasteiger charge is -2.16. The van der Waals surface area contributed by atoms with Crippen molar-refractivity contribution in [2.24, 2.45) is 0 Å². The van der Waals surface area contributed by atoms with Crippen molar-refractivity contribution < 1.29 is 19.4 Å². The summed E-state index contributed by atoms with van der Waals surface area (Å²) in [4.78, 5) is 27.5. The first-order chi connectivity index (χ1) is 12.4. The largest absolute Gasteiger partial charge is 0.508 e. The summed E-state index contributed by atoms with van der Waals surface area (Å²) in [7, 11) is 0. The Bertz CT molecular complexity index is 973. The van der Waals surface area contributed by atoms with Crippen LogP contribution in [0.4, 0.5) is 0 Å². The van der Waals surface area contributed by atoms with Crippen molar-refractivity contribution in [3.8, 4) is 5.75 Å². The van der Waals surface area contributed by atoms with Crippen LogP contribution >= 0.6 is 0 Å². The van der Waals surface area contributed by atoms with E-state index in [9.17, 15) is 14.7 Å². The number of nitrogens with one attached hydrogen (secondary N) is 1. The van der Waals surface area contributed by atoms with Gasteiger partial charge in [-0.2, -0.15) is 0 Å². The van der Waals surface area contributed by atoms with Crippen molar-refractivity contribution >= 4 is 22.7 Å². The number of H-pyrrole nitrogens is 1. The van der Waals surface area contributed by atoms with Gasteiger partial charge in [-0.05, 0) is 19.1 Å². The maximum absolute atomic E-state index is 13.1. The smallest absolute Gasteiger partial charge is 0.302 e. The maximum Gasteiger partial charge on any atom is 0.302 e. The number of aromatic nitrogens is 1. The number of phenols is 1. The van der Waals surface area contributed by atoms with Crippen LogP contribution in [0.15, 0.2) is 42.5 Å². The molecule has 3 aromatic rings. The van der Waals surface area contributed by atoms with Gasteiger partial charge in [-0.1, -0.05) is 37.3 Å². The van der Waals surface area contributed by atoms with Gasteiger partial charge in [-0.25, -0.2) is 0 Å². The average molecular weight is 351 g/mol. The summed E-state index contributed by atoms with van der Waals surface area (Å²) in [5, 5.41) is 11.1. The maximum atomic E-state index is 13.1. The van der Waals surface area contributed by atoms with Crippen molar-refractivity contribution in [3.05, 3.63) is 64.8 Å². The van der Waals surface area contributed by atoms with Gasteiger partial charge < -0.3 is 14.8 Å². The highest BCUT2D eigenvalue weighted by Crippen LogP contribution is 2.37. The number of hydrogen-bond donors (Lipinski definition) is 2. The van der Waals surface area contributed by atoms with Crippen LogP contribution in [0.3, 0.4) is 0 Å². The number of rotatable bonds is 5. The standard InChI is InChI=1S/C21H21NO4/c1-12(11-26-14(3)23)18-17(24)10-9-16-20(18)19(13(2)22-16)21(25)15-7-5-4-6-8-15/h4-10,12,22,24H,11H2,1-3H3. The van der Waals surface area contributed by atoms with Crippen molar-refractivity contribution in [3.63, 3.8) is 0 Å². The molecule has 0 aliphatic heterocycles. The number of fused-ring (bicyclic) bond motifs is 1. The highest BCUT2D eigenvalue weighted by atomic mass is 16.5. The van der Waals surface area contributed by atoms with Gasteiger partial charge in [0.15, 0.2) is 5.78 Å². The van der Waals surface area contributed by atoms with Gasteiger partial charge in [0.2, 0.25) is 0 Å². The molecule has 2 N–H and O–H groups in total. The fourth-order valence-electron chi connectivity index (χ4n) is 3.28. The monoisotopic (exact) mass is 351 g/mol. The molecule has 5 heteroatoms. The molecule has 0 spiro atoms. The van der Waals surface area contributed by atoms with Crippen LogP contribution in [0.25, 0.3) is 10.9 Å². The molecular weight excluding hydrogens is 330 g/mol. The van der Waals surface area contributed by atoms with Crippen molar-refractivity contribution in [2.45, 2.75) is 26.7 Å². The third kappa shape index (κ3) is 3.20. The van der Waals surface area contributed by atoms with Crippen LogP contribution in [-0.4, -0.2) is 28.4 Å². The number of ketones is 1. The lowest BCUT2D eigenvalue weighted by molar-refractivity contribution is -0.141. The summed E-state index contributed by atoms with van der Waals surface area (Å²) >= 11 is 0. The van der Waals surface area contributed by atoms with E-state index in [2.05, 4.69) is 4.98 Å². The fourth-order valence-corrected chi connectivity index (χ4v) is 3.28. The van der Waals surface area contributed by atoms with Gasteiger partial charge in [0.05, 0.1) is 12.2 Å². The molecule has 0 bridgehead atoms. The summed E-state index contributed by atoms with van der Waals surface area (Å²) in [6, 6.07) is 12.4. The molecule has 0 saturated carbocycles. The molecular formula is C21H21NO4. The SMILES string of the molecule is CC(=O)OCC(C)c1c(O)ccc2[nH]c(C)c(C(=O)c3ccccc3)c12. The molecule has 1 aromatic heterocycles. The minimum Gasteiger partial charge on any atom is -0.508 e. The number of esters is 1. The third-order valence-corrected chi connectivity index (χ3v) is 4.46. The van der Waals surface area contributed by atoms with Gasteiger partial charge in [-0.15, -0.1) is 0 Å². The molecule has 1 atom stereocenters. The van der Waals surface area contributed by atoms with Crippen molar-refractivity contribution in [1.82, 2.24) is 4.98 Å². The molecule has 134 valence electrons. The van der Waals surface area contributed by atoms with E-state index in [-0.39, 0.29) is 30.0 Å². The van der Waals surface area contributed by atoms with E-state index >= 15 is 0 Å². The Labute approximate surface area is 151 Å². The second-order valence-electron chi connectivity index (χ2n) is 6.44. The van der Waals surface area contributed by atoms with Crippen LogP contribution in [-0.2, 0) is 9.53 Å². The molecule has 1 heterocycles. The topological polar surface area (TPSA) is 79.4 Å². The second kappa shape index (κ2) is 7.04. The Morgan fingerprint density at radius 3 is 2.50 bits per heavy atom. The number of carbonyl (C=O) groups excluding carboxylic acids is 2. The van der Waals surface area contributed by atoms with Crippen LogP contribution in [0.2, 0.25) is 0 Å². The molecule has 1 unspecified atom stereocenters. The quantitative estimate of drug-likeness (QED) is 0.536. The highest BCUT2D eigenvalue weighted by molar-refractivity contribution is 6.18. The van der Waals surface area contributed by atoms with Crippen LogP contribution < -0.4 is 0 Å². The van der Waals surface area contributed by atoms with Crippen LogP contribution in [0, 0.1) is 6.92 Å². The lowest BCUT2D eigenvalue weighted by Crippen LogP contribution is -2.10. The van der Waals surface area contributed by atoms with Crippen LogP contribution in [0.1, 0.15) is 46.9 Å². The number of aryl methyl sites for hydroxylation is 1. The number of phenolic OH excluding ortho intramolecular Hbond substituents is 1. The van der Waals surface area contributed by atoms with Crippen molar-refractivity contribution in [1.29, 1.82) is 0 Å². The number of benzene rings is 2. The molecule has 26 heavy (non-hydrogen) atoms. The van der Waals surface area contributed by atoms with Crippen molar-refractivity contribution in [2.75, 3.05) is 6.61 Å². The summed E-state index contributed by atoms with van der Waals surface area (Å²) in [5.74, 6) is -0.673. The normalized spacial score (nSPS) is 12.1. The Hall–Kier alpha value is -3.08. The number of hydrogen-bond acceptors (Lipinski definition) is 4. The second-order valence-corrected chi connectivity index (χ2v) is 6.44. The summed E-state index contributed by atoms with van der Waals surface area (Å²) in [6.45, 7) is 5.17. The van der Waals surface area contributed by atoms with Gasteiger partial charge >= 0.3 is 5.97 Å². The molecule has 0 aliphatic carbocycles. The van der Waals surface area contributed by atoms with E-state index in [4.69, 9.17) is 4.74 Å². The molecule has 0 fully saturated rings. The predicted molar refractivity (Wildman–Crippen MR) is 99.6 cm³/mol. The van der Waals surface area contributed by atoms with E-state index in [1.807, 2.05) is 32.0 Å². The van der Waals surface area contributed by atoms with Gasteiger partial charge in [0, 0.05) is 40.6 Å².